The van der Waals surface area contributed by atoms with Crippen LogP contribution in [0.1, 0.15) is 32.3 Å². The van der Waals surface area contributed by atoms with Crippen LogP contribution in [0, 0.1) is 28.4 Å². The molecule has 3 nitrogen and oxygen atoms in total. The molecule has 0 unspecified atom stereocenters. The monoisotopic (exact) mass is 269 g/mol. The van der Waals surface area contributed by atoms with Crippen molar-refractivity contribution in [2.24, 2.45) is 5.41 Å². The van der Waals surface area contributed by atoms with Gasteiger partial charge in [0.25, 0.3) is 0 Å². The summed E-state index contributed by atoms with van der Waals surface area (Å²) in [5.41, 5.74) is -0.311. The average molecular weight is 269 g/mol. The molecule has 0 aromatic heterocycles. The highest BCUT2D eigenvalue weighted by atomic mass is 19.1. The fourth-order valence-corrected chi connectivity index (χ4v) is 1.59. The van der Waals surface area contributed by atoms with Gasteiger partial charge >= 0.3 is 0 Å². The Morgan fingerprint density at radius 2 is 1.89 bits per heavy atom. The third-order valence-electron chi connectivity index (χ3n) is 2.74. The van der Waals surface area contributed by atoms with Crippen molar-refractivity contribution in [2.75, 3.05) is 6.61 Å². The number of hydrogen-bond acceptors (Lipinski definition) is 3. The second-order valence-electron chi connectivity index (χ2n) is 4.99. The van der Waals surface area contributed by atoms with Crippen LogP contribution in [0.25, 0.3) is 0 Å². The molecule has 0 aliphatic carbocycles. The number of nitrogens with zero attached hydrogens (tertiary/aromatic N) is 1. The van der Waals surface area contributed by atoms with E-state index in [-0.39, 0.29) is 12.2 Å². The number of aliphatic hydroxyl groups excluding tert-OH is 1. The van der Waals surface area contributed by atoms with Crippen molar-refractivity contribution >= 4 is 0 Å². The maximum absolute atomic E-state index is 13.5. The molecule has 19 heavy (non-hydrogen) atoms. The van der Waals surface area contributed by atoms with Crippen molar-refractivity contribution in [3.05, 3.63) is 29.3 Å². The highest BCUT2D eigenvalue weighted by Gasteiger charge is 2.17. The Bertz CT molecular complexity index is 458. The maximum atomic E-state index is 13.5. The molecule has 0 aliphatic rings. The van der Waals surface area contributed by atoms with Gasteiger partial charge in [-0.05, 0) is 44.4 Å². The Morgan fingerprint density at radius 1 is 1.32 bits per heavy atom. The molecule has 5 heteroatoms. The highest BCUT2D eigenvalue weighted by molar-refractivity contribution is 5.31. The van der Waals surface area contributed by atoms with Crippen LogP contribution >= 0.6 is 0 Å². The predicted molar refractivity (Wildman–Crippen MR) is 66.4 cm³/mol. The van der Waals surface area contributed by atoms with E-state index in [0.29, 0.717) is 12.8 Å². The summed E-state index contributed by atoms with van der Waals surface area (Å²) in [7, 11) is 0. The lowest BCUT2D eigenvalue weighted by molar-refractivity contribution is 0.257. The van der Waals surface area contributed by atoms with Crippen LogP contribution in [0.3, 0.4) is 0 Å². The summed E-state index contributed by atoms with van der Waals surface area (Å²) in [4.78, 5) is 0. The van der Waals surface area contributed by atoms with Gasteiger partial charge in [0.15, 0.2) is 17.4 Å². The highest BCUT2D eigenvalue weighted by Crippen LogP contribution is 2.25. The second-order valence-corrected chi connectivity index (χ2v) is 4.99. The van der Waals surface area contributed by atoms with Crippen LogP contribution < -0.4 is 4.74 Å². The SMILES string of the molecule is CC(C)(C#N)CCCOc1c(F)cc(CO)cc1F. The molecule has 0 fully saturated rings. The first-order valence-corrected chi connectivity index (χ1v) is 6.02. The normalized spacial score (nSPS) is 11.2. The Kier molecular flexibility index (Phi) is 5.25. The van der Waals surface area contributed by atoms with Crippen LogP contribution in [-0.2, 0) is 6.61 Å². The molecule has 1 aromatic carbocycles. The maximum Gasteiger partial charge on any atom is 0.190 e. The van der Waals surface area contributed by atoms with Crippen molar-refractivity contribution < 1.29 is 18.6 Å². The molecule has 1 N–H and O–H groups in total. The smallest absolute Gasteiger partial charge is 0.190 e. The Balaban J connectivity index is 2.57. The van der Waals surface area contributed by atoms with E-state index in [1.807, 2.05) is 0 Å². The van der Waals surface area contributed by atoms with Gasteiger partial charge < -0.3 is 9.84 Å². The first-order chi connectivity index (χ1) is 8.89. The van der Waals surface area contributed by atoms with Gasteiger partial charge in [0.2, 0.25) is 0 Å². The van der Waals surface area contributed by atoms with E-state index in [1.54, 1.807) is 13.8 Å². The number of ether oxygens (including phenoxy) is 1. The molecular formula is C14H17F2NO2. The number of rotatable bonds is 6. The summed E-state index contributed by atoms with van der Waals surface area (Å²) in [6.07, 6.45) is 1.11. The summed E-state index contributed by atoms with van der Waals surface area (Å²) >= 11 is 0. The second kappa shape index (κ2) is 6.48. The lowest BCUT2D eigenvalue weighted by atomic mass is 9.90. The first kappa shape index (κ1) is 15.4. The van der Waals surface area contributed by atoms with Crippen molar-refractivity contribution in [3.8, 4) is 11.8 Å². The van der Waals surface area contributed by atoms with E-state index in [9.17, 15) is 8.78 Å². The lowest BCUT2D eigenvalue weighted by Crippen LogP contribution is -2.11. The molecule has 0 saturated carbocycles. The van der Waals surface area contributed by atoms with Crippen LogP contribution in [0.2, 0.25) is 0 Å². The van der Waals surface area contributed by atoms with Crippen LogP contribution in [0.4, 0.5) is 8.78 Å². The zero-order valence-corrected chi connectivity index (χ0v) is 11.0. The topological polar surface area (TPSA) is 53.2 Å². The minimum absolute atomic E-state index is 0.136. The molecule has 0 heterocycles. The van der Waals surface area contributed by atoms with Crippen LogP contribution in [0.15, 0.2) is 12.1 Å². The van der Waals surface area contributed by atoms with Gasteiger partial charge in [-0.2, -0.15) is 5.26 Å². The zero-order valence-electron chi connectivity index (χ0n) is 11.0. The quantitative estimate of drug-likeness (QED) is 0.807. The molecule has 1 aromatic rings. The number of halogens is 2. The van der Waals surface area contributed by atoms with E-state index in [1.165, 1.54) is 0 Å². The molecule has 0 amide bonds. The van der Waals surface area contributed by atoms with E-state index in [4.69, 9.17) is 15.1 Å². The summed E-state index contributed by atoms with van der Waals surface area (Å²) in [5, 5.41) is 17.6. The molecule has 0 saturated heterocycles. The minimum Gasteiger partial charge on any atom is -0.488 e. The number of benzene rings is 1. The number of nitriles is 1. The Hall–Kier alpha value is -1.67. The largest absolute Gasteiger partial charge is 0.488 e. The summed E-state index contributed by atoms with van der Waals surface area (Å²) in [5.74, 6) is -2.10. The van der Waals surface area contributed by atoms with Crippen molar-refractivity contribution in [1.82, 2.24) is 0 Å². The Morgan fingerprint density at radius 3 is 2.37 bits per heavy atom. The zero-order chi connectivity index (χ0) is 14.5. The molecule has 0 atom stereocenters. The Labute approximate surface area is 111 Å². The third-order valence-corrected chi connectivity index (χ3v) is 2.74. The van der Waals surface area contributed by atoms with Gasteiger partial charge in [-0.25, -0.2) is 8.78 Å². The summed E-state index contributed by atoms with van der Waals surface area (Å²) < 4.78 is 32.1. The van der Waals surface area contributed by atoms with E-state index in [0.717, 1.165) is 12.1 Å². The van der Waals surface area contributed by atoms with E-state index < -0.39 is 29.4 Å². The number of hydrogen-bond donors (Lipinski definition) is 1. The van der Waals surface area contributed by atoms with Crippen molar-refractivity contribution in [3.63, 3.8) is 0 Å². The molecule has 0 radical (unpaired) electrons. The average Bonchev–Trinajstić information content (AvgIpc) is 2.36. The fraction of sp³-hybridized carbons (Fsp3) is 0.500. The molecular weight excluding hydrogens is 252 g/mol. The summed E-state index contributed by atoms with van der Waals surface area (Å²) in [6, 6.07) is 4.22. The fourth-order valence-electron chi connectivity index (χ4n) is 1.59. The summed E-state index contributed by atoms with van der Waals surface area (Å²) in [6.45, 7) is 3.30. The van der Waals surface area contributed by atoms with Gasteiger partial charge in [-0.15, -0.1) is 0 Å². The predicted octanol–water partition coefficient (Wildman–Crippen LogP) is 3.17. The van der Waals surface area contributed by atoms with Gasteiger partial charge in [-0.3, -0.25) is 0 Å². The van der Waals surface area contributed by atoms with Crippen molar-refractivity contribution in [1.29, 1.82) is 5.26 Å². The lowest BCUT2D eigenvalue weighted by Gasteiger charge is -2.15. The van der Waals surface area contributed by atoms with Crippen LogP contribution in [-0.4, -0.2) is 11.7 Å². The van der Waals surface area contributed by atoms with Crippen LogP contribution in [0.5, 0.6) is 5.75 Å². The molecule has 0 aliphatic heterocycles. The van der Waals surface area contributed by atoms with E-state index in [2.05, 4.69) is 6.07 Å². The van der Waals surface area contributed by atoms with Crippen molar-refractivity contribution in [2.45, 2.75) is 33.3 Å². The minimum atomic E-state index is -0.830. The standard InChI is InChI=1S/C14H17F2NO2/c1-14(2,9-17)4-3-5-19-13-11(15)6-10(8-18)7-12(13)16/h6-7,18H,3-5,8H2,1-2H3. The first-order valence-electron chi connectivity index (χ1n) is 6.02. The molecule has 1 rings (SSSR count). The molecule has 0 bridgehead atoms. The van der Waals surface area contributed by atoms with Gasteiger partial charge in [0.1, 0.15) is 0 Å². The van der Waals surface area contributed by atoms with E-state index >= 15 is 0 Å². The number of aliphatic hydroxyl groups is 1. The van der Waals surface area contributed by atoms with Gasteiger partial charge in [-0.1, -0.05) is 0 Å². The third kappa shape index (κ3) is 4.49. The van der Waals surface area contributed by atoms with Gasteiger partial charge in [0, 0.05) is 0 Å². The molecule has 104 valence electrons. The molecule has 0 spiro atoms. The van der Waals surface area contributed by atoms with Gasteiger partial charge in [0.05, 0.1) is 24.7 Å².